The van der Waals surface area contributed by atoms with E-state index >= 15 is 0 Å². The van der Waals surface area contributed by atoms with Gasteiger partial charge in [0, 0.05) is 24.4 Å². The molecule has 9 heteroatoms. The molecule has 8 nitrogen and oxygen atoms in total. The van der Waals surface area contributed by atoms with Crippen molar-refractivity contribution in [1.82, 2.24) is 5.32 Å². The van der Waals surface area contributed by atoms with E-state index < -0.39 is 11.0 Å². The molecule has 2 amide bonds. The zero-order valence-electron chi connectivity index (χ0n) is 13.5. The van der Waals surface area contributed by atoms with Gasteiger partial charge in [-0.3, -0.25) is 10.1 Å². The number of halogens is 1. The largest absolute Gasteiger partial charge is 0.497 e. The second kappa shape index (κ2) is 8.20. The van der Waals surface area contributed by atoms with Gasteiger partial charge in [0.2, 0.25) is 0 Å². The number of nitrogens with one attached hydrogen (secondary N) is 2. The van der Waals surface area contributed by atoms with E-state index in [1.165, 1.54) is 32.4 Å². The third-order valence-corrected chi connectivity index (χ3v) is 3.58. The van der Waals surface area contributed by atoms with Crippen molar-refractivity contribution in [2.24, 2.45) is 0 Å². The molecule has 0 saturated heterocycles. The van der Waals surface area contributed by atoms with Crippen LogP contribution in [0.15, 0.2) is 36.4 Å². The Morgan fingerprint density at radius 1 is 1.16 bits per heavy atom. The average Bonchev–Trinajstić information content (AvgIpc) is 2.61. The van der Waals surface area contributed by atoms with E-state index in [1.54, 1.807) is 18.2 Å². The Morgan fingerprint density at radius 3 is 2.36 bits per heavy atom. The highest BCUT2D eigenvalue weighted by Crippen LogP contribution is 2.27. The molecule has 0 spiro atoms. The predicted molar refractivity (Wildman–Crippen MR) is 93.5 cm³/mol. The Hall–Kier alpha value is -3.00. The van der Waals surface area contributed by atoms with Crippen LogP contribution in [0, 0.1) is 10.1 Å². The van der Waals surface area contributed by atoms with Gasteiger partial charge in [-0.15, -0.1) is 0 Å². The van der Waals surface area contributed by atoms with Gasteiger partial charge in [0.1, 0.15) is 16.5 Å². The minimum atomic E-state index is -0.617. The number of benzene rings is 2. The quantitative estimate of drug-likeness (QED) is 0.601. The lowest BCUT2D eigenvalue weighted by molar-refractivity contribution is -0.384. The summed E-state index contributed by atoms with van der Waals surface area (Å²) in [5.74, 6) is 1.20. The van der Waals surface area contributed by atoms with Gasteiger partial charge in [0.25, 0.3) is 5.69 Å². The molecule has 2 aromatic carbocycles. The zero-order chi connectivity index (χ0) is 18.4. The van der Waals surface area contributed by atoms with Gasteiger partial charge < -0.3 is 20.1 Å². The van der Waals surface area contributed by atoms with E-state index in [0.29, 0.717) is 11.5 Å². The number of amides is 2. The standard InChI is InChI=1S/C16H16ClN3O5/c1-24-12-5-10(6-13(8-12)25-2)9-18-16(21)19-11-3-4-14(17)15(7-11)20(22)23/h3-8H,9H2,1-2H3,(H2,18,19,21). The van der Waals surface area contributed by atoms with Crippen LogP contribution in [-0.4, -0.2) is 25.2 Å². The third kappa shape index (κ3) is 4.98. The SMILES string of the molecule is COc1cc(CNC(=O)Nc2ccc(Cl)c([N+](=O)[O-])c2)cc(OC)c1. The lowest BCUT2D eigenvalue weighted by Crippen LogP contribution is -2.28. The molecule has 0 aliphatic heterocycles. The maximum absolute atomic E-state index is 12.0. The first kappa shape index (κ1) is 18.3. The monoisotopic (exact) mass is 365 g/mol. The molecule has 0 bridgehead atoms. The Balaban J connectivity index is 2.02. The van der Waals surface area contributed by atoms with E-state index in [-0.39, 0.29) is 22.9 Å². The summed E-state index contributed by atoms with van der Waals surface area (Å²) in [6.45, 7) is 0.217. The highest BCUT2D eigenvalue weighted by molar-refractivity contribution is 6.32. The molecule has 0 heterocycles. The van der Waals surface area contributed by atoms with Crippen LogP contribution in [0.2, 0.25) is 5.02 Å². The third-order valence-electron chi connectivity index (χ3n) is 3.27. The molecule has 0 fully saturated rings. The Labute approximate surface area is 148 Å². The molecule has 2 rings (SSSR count). The molecule has 0 aliphatic carbocycles. The van der Waals surface area contributed by atoms with Gasteiger partial charge in [-0.2, -0.15) is 0 Å². The second-order valence-corrected chi connectivity index (χ2v) is 5.36. The molecule has 132 valence electrons. The van der Waals surface area contributed by atoms with Gasteiger partial charge in [-0.1, -0.05) is 11.6 Å². The van der Waals surface area contributed by atoms with E-state index in [4.69, 9.17) is 21.1 Å². The number of nitrogens with zero attached hydrogens (tertiary/aromatic N) is 1. The summed E-state index contributed by atoms with van der Waals surface area (Å²) in [6.07, 6.45) is 0. The van der Waals surface area contributed by atoms with Crippen LogP contribution in [0.25, 0.3) is 0 Å². The lowest BCUT2D eigenvalue weighted by Gasteiger charge is -2.10. The maximum atomic E-state index is 12.0. The van der Waals surface area contributed by atoms with Crippen LogP contribution in [0.4, 0.5) is 16.2 Å². The van der Waals surface area contributed by atoms with Crippen LogP contribution in [0.5, 0.6) is 11.5 Å². The Bertz CT molecular complexity index is 775. The molecule has 0 radical (unpaired) electrons. The maximum Gasteiger partial charge on any atom is 0.319 e. The average molecular weight is 366 g/mol. The number of carbonyl (C=O) groups is 1. The fourth-order valence-corrected chi connectivity index (χ4v) is 2.24. The summed E-state index contributed by atoms with van der Waals surface area (Å²) in [7, 11) is 3.07. The molecule has 25 heavy (non-hydrogen) atoms. The van der Waals surface area contributed by atoms with Crippen molar-refractivity contribution in [2.45, 2.75) is 6.54 Å². The minimum Gasteiger partial charge on any atom is -0.497 e. The van der Waals surface area contributed by atoms with Crippen molar-refractivity contribution >= 4 is 29.0 Å². The second-order valence-electron chi connectivity index (χ2n) is 4.95. The van der Waals surface area contributed by atoms with Crippen LogP contribution in [0.3, 0.4) is 0 Å². The molecule has 2 N–H and O–H groups in total. The van der Waals surface area contributed by atoms with E-state index in [0.717, 1.165) is 5.56 Å². The summed E-state index contributed by atoms with van der Waals surface area (Å²) in [5.41, 5.74) is 0.752. The van der Waals surface area contributed by atoms with Gasteiger partial charge in [0.15, 0.2) is 0 Å². The Morgan fingerprint density at radius 2 is 1.80 bits per heavy atom. The highest BCUT2D eigenvalue weighted by atomic mass is 35.5. The molecule has 0 unspecified atom stereocenters. The minimum absolute atomic E-state index is 0.000524. The molecular formula is C16H16ClN3O5. The van der Waals surface area contributed by atoms with E-state index in [1.807, 2.05) is 0 Å². The molecule has 0 saturated carbocycles. The smallest absolute Gasteiger partial charge is 0.319 e. The summed E-state index contributed by atoms with van der Waals surface area (Å²) >= 11 is 5.73. The van der Waals surface area contributed by atoms with Crippen molar-refractivity contribution in [1.29, 1.82) is 0 Å². The van der Waals surface area contributed by atoms with Crippen molar-refractivity contribution in [3.63, 3.8) is 0 Å². The van der Waals surface area contributed by atoms with E-state index in [9.17, 15) is 14.9 Å². The molecule has 0 aromatic heterocycles. The van der Waals surface area contributed by atoms with E-state index in [2.05, 4.69) is 10.6 Å². The van der Waals surface area contributed by atoms with Crippen molar-refractivity contribution < 1.29 is 19.2 Å². The van der Waals surface area contributed by atoms with Gasteiger partial charge >= 0.3 is 6.03 Å². The fraction of sp³-hybridized carbons (Fsp3) is 0.188. The summed E-state index contributed by atoms with van der Waals surface area (Å²) in [6, 6.07) is 8.74. The number of urea groups is 1. The summed E-state index contributed by atoms with van der Waals surface area (Å²) in [4.78, 5) is 22.2. The zero-order valence-corrected chi connectivity index (χ0v) is 14.3. The van der Waals surface area contributed by atoms with Crippen molar-refractivity contribution in [3.8, 4) is 11.5 Å². The van der Waals surface area contributed by atoms with Crippen LogP contribution < -0.4 is 20.1 Å². The number of anilines is 1. The van der Waals surface area contributed by atoms with Crippen LogP contribution in [0.1, 0.15) is 5.56 Å². The Kier molecular flexibility index (Phi) is 6.02. The van der Waals surface area contributed by atoms with Crippen LogP contribution >= 0.6 is 11.6 Å². The molecular weight excluding hydrogens is 350 g/mol. The first-order valence-electron chi connectivity index (χ1n) is 7.13. The number of nitro groups is 1. The first-order chi connectivity index (χ1) is 11.9. The molecule has 0 atom stereocenters. The van der Waals surface area contributed by atoms with Gasteiger partial charge in [0.05, 0.1) is 19.1 Å². The molecule has 2 aromatic rings. The number of hydrogen-bond acceptors (Lipinski definition) is 5. The number of carbonyl (C=O) groups excluding carboxylic acids is 1. The number of nitro benzene ring substituents is 1. The normalized spacial score (nSPS) is 10.0. The van der Waals surface area contributed by atoms with Crippen LogP contribution in [-0.2, 0) is 6.54 Å². The summed E-state index contributed by atoms with van der Waals surface area (Å²) in [5, 5.41) is 16.0. The highest BCUT2D eigenvalue weighted by Gasteiger charge is 2.14. The summed E-state index contributed by atoms with van der Waals surface area (Å²) < 4.78 is 10.3. The number of methoxy groups -OCH3 is 2. The van der Waals surface area contributed by atoms with Gasteiger partial charge in [-0.05, 0) is 29.8 Å². The lowest BCUT2D eigenvalue weighted by atomic mass is 10.2. The van der Waals surface area contributed by atoms with Crippen molar-refractivity contribution in [2.75, 3.05) is 19.5 Å². The predicted octanol–water partition coefficient (Wildman–Crippen LogP) is 3.59. The van der Waals surface area contributed by atoms with Crippen molar-refractivity contribution in [3.05, 3.63) is 57.1 Å². The topological polar surface area (TPSA) is 103 Å². The number of hydrogen-bond donors (Lipinski definition) is 2. The fourth-order valence-electron chi connectivity index (χ4n) is 2.06. The first-order valence-corrected chi connectivity index (χ1v) is 7.51. The van der Waals surface area contributed by atoms with Gasteiger partial charge in [-0.25, -0.2) is 4.79 Å². The number of ether oxygens (including phenoxy) is 2. The molecule has 0 aliphatic rings. The number of rotatable bonds is 6.